The monoisotopic (exact) mass is 405 g/mol. The van der Waals surface area contributed by atoms with Crippen LogP contribution in [0.1, 0.15) is 35.3 Å². The molecule has 1 amide bonds. The topological polar surface area (TPSA) is 100 Å². The molecule has 7 heteroatoms. The molecule has 0 spiro atoms. The Morgan fingerprint density at radius 1 is 1.29 bits per heavy atom. The number of anilines is 2. The summed E-state index contributed by atoms with van der Waals surface area (Å²) >= 11 is 0.673. The summed E-state index contributed by atoms with van der Waals surface area (Å²) in [4.78, 5) is 16.3. The smallest absolute Gasteiger partial charge is 0.230 e. The molecule has 146 valence electrons. The largest absolute Gasteiger partial charge is 0.387 e. The van der Waals surface area contributed by atoms with Crippen LogP contribution in [0.3, 0.4) is 0 Å². The SMILES string of the molecule is [2H]c1sc(N)nc1C([2H])([2H])C(=O)Nc1c([2H])c([2H])c(CCNC([2H])([2H])[C@@H](O)c2ccccc2)c([2H])c1[2H]. The van der Waals surface area contributed by atoms with Crippen molar-refractivity contribution < 1.29 is 22.2 Å². The van der Waals surface area contributed by atoms with Crippen LogP contribution in [-0.2, 0) is 17.6 Å². The number of aromatic nitrogens is 1. The number of amides is 1. The number of nitrogen functional groups attached to an aromatic ring is 1. The third-order valence-corrected chi connectivity index (χ3v) is 4.07. The van der Waals surface area contributed by atoms with Crippen molar-refractivity contribution in [3.8, 4) is 0 Å². The van der Waals surface area contributed by atoms with Crippen molar-refractivity contribution in [3.05, 3.63) is 76.7 Å². The number of aliphatic hydroxyl groups excluding tert-OH is 1. The molecule has 0 aliphatic heterocycles. The van der Waals surface area contributed by atoms with Crippen LogP contribution >= 0.6 is 11.3 Å². The molecule has 28 heavy (non-hydrogen) atoms. The summed E-state index contributed by atoms with van der Waals surface area (Å²) in [7, 11) is 0. The normalized spacial score (nSPS) is 17.5. The van der Waals surface area contributed by atoms with Gasteiger partial charge in [-0.2, -0.15) is 0 Å². The van der Waals surface area contributed by atoms with Gasteiger partial charge in [-0.3, -0.25) is 4.79 Å². The number of benzene rings is 2. The van der Waals surface area contributed by atoms with Gasteiger partial charge < -0.3 is 21.5 Å². The summed E-state index contributed by atoms with van der Waals surface area (Å²) in [6.45, 7) is -2.39. The van der Waals surface area contributed by atoms with Crippen molar-refractivity contribution >= 4 is 28.1 Å². The van der Waals surface area contributed by atoms with Gasteiger partial charge in [-0.05, 0) is 36.2 Å². The zero-order chi connectivity index (χ0) is 27.7. The van der Waals surface area contributed by atoms with E-state index in [9.17, 15) is 9.90 Å². The third-order valence-electron chi connectivity index (χ3n) is 3.48. The average molecular weight is 406 g/mol. The van der Waals surface area contributed by atoms with Gasteiger partial charge in [0.2, 0.25) is 5.91 Å². The number of nitrogens with two attached hydrogens (primary N) is 1. The number of carbonyl (C=O) groups is 1. The maximum absolute atomic E-state index is 12.7. The van der Waals surface area contributed by atoms with Gasteiger partial charge in [0.05, 0.1) is 25.0 Å². The van der Waals surface area contributed by atoms with Gasteiger partial charge in [0.15, 0.2) is 5.13 Å². The molecule has 0 radical (unpaired) electrons. The summed E-state index contributed by atoms with van der Waals surface area (Å²) in [6, 6.07) is 5.92. The van der Waals surface area contributed by atoms with E-state index in [1.54, 1.807) is 30.3 Å². The molecule has 5 N–H and O–H groups in total. The van der Waals surface area contributed by atoms with Crippen molar-refractivity contribution in [2.24, 2.45) is 0 Å². The van der Waals surface area contributed by atoms with Gasteiger partial charge in [0, 0.05) is 23.0 Å². The lowest BCUT2D eigenvalue weighted by Crippen LogP contribution is -2.23. The Morgan fingerprint density at radius 3 is 2.71 bits per heavy atom. The lowest BCUT2D eigenvalue weighted by atomic mass is 10.1. The molecule has 1 heterocycles. The molecule has 3 aromatic rings. The maximum Gasteiger partial charge on any atom is 0.230 e. The first-order valence-corrected chi connectivity index (χ1v) is 9.12. The van der Waals surface area contributed by atoms with Crippen LogP contribution < -0.4 is 16.4 Å². The Hall–Kier alpha value is -2.74. The Labute approximate surface area is 181 Å². The van der Waals surface area contributed by atoms with Gasteiger partial charge in [-0.1, -0.05) is 42.4 Å². The van der Waals surface area contributed by atoms with E-state index in [4.69, 9.17) is 18.1 Å². The minimum absolute atomic E-state index is 0.0609. The third kappa shape index (κ3) is 6.16. The molecule has 1 atom stereocenters. The molecule has 6 nitrogen and oxygen atoms in total. The van der Waals surface area contributed by atoms with E-state index in [-0.39, 0.29) is 29.0 Å². The molecular weight excluding hydrogens is 372 g/mol. The fraction of sp³-hybridized carbons (Fsp3) is 0.238. The van der Waals surface area contributed by atoms with E-state index in [0.717, 1.165) is 0 Å². The minimum Gasteiger partial charge on any atom is -0.387 e. The first-order chi connectivity index (χ1) is 17.2. The second kappa shape index (κ2) is 9.98. The number of carbonyl (C=O) groups excluding carboxylic acids is 1. The average Bonchev–Trinajstić information content (AvgIpc) is 3.21. The first kappa shape index (κ1) is 11.3. The number of hydrogen-bond acceptors (Lipinski definition) is 6. The van der Waals surface area contributed by atoms with E-state index in [0.29, 0.717) is 16.9 Å². The van der Waals surface area contributed by atoms with Crippen LogP contribution in [0.2, 0.25) is 0 Å². The number of aliphatic hydroxyl groups is 1. The second-order valence-electron chi connectivity index (χ2n) is 5.57. The molecule has 0 bridgehead atoms. The van der Waals surface area contributed by atoms with Crippen molar-refractivity contribution in [3.63, 3.8) is 0 Å². The van der Waals surface area contributed by atoms with Crippen molar-refractivity contribution in [1.29, 1.82) is 0 Å². The maximum atomic E-state index is 12.7. The van der Waals surface area contributed by atoms with Crippen LogP contribution in [0.5, 0.6) is 0 Å². The van der Waals surface area contributed by atoms with Crippen molar-refractivity contribution in [2.75, 3.05) is 24.1 Å². The summed E-state index contributed by atoms with van der Waals surface area (Å²) < 4.78 is 73.1. The van der Waals surface area contributed by atoms with E-state index in [1.165, 1.54) is 0 Å². The number of thiazole rings is 1. The van der Waals surface area contributed by atoms with Crippen LogP contribution in [0, 0.1) is 0 Å². The zero-order valence-corrected chi connectivity index (χ0v) is 15.5. The number of nitrogens with zero attached hydrogens (tertiary/aromatic N) is 1. The van der Waals surface area contributed by atoms with Crippen LogP contribution in [0.25, 0.3) is 0 Å². The van der Waals surface area contributed by atoms with E-state index >= 15 is 0 Å². The lowest BCUT2D eigenvalue weighted by Gasteiger charge is -2.12. The predicted octanol–water partition coefficient (Wildman–Crippen LogP) is 2.77. The standard InChI is InChI=1S/C21H24N4O2S/c22-21-25-18(14-28-21)12-20(27)24-17-8-6-15(7-9-17)10-11-23-13-19(26)16-4-2-1-3-5-16/h1-9,14,19,23,26H,10-13H2,(H2,22,25)(H,24,27)/t19-/m1/s1/i6D,7D,8D,9D,12D2,13D2,14D. The zero-order valence-electron chi connectivity index (χ0n) is 23.7. The summed E-state index contributed by atoms with van der Waals surface area (Å²) in [5.74, 6) is -1.34. The molecule has 0 saturated carbocycles. The highest BCUT2D eigenvalue weighted by Crippen LogP contribution is 2.14. The quantitative estimate of drug-likeness (QED) is 0.439. The van der Waals surface area contributed by atoms with E-state index < -0.39 is 60.4 Å². The molecule has 2 aromatic carbocycles. The first-order valence-electron chi connectivity index (χ1n) is 12.8. The highest BCUT2D eigenvalue weighted by atomic mass is 32.1. The highest BCUT2D eigenvalue weighted by molar-refractivity contribution is 7.13. The molecule has 3 rings (SSSR count). The second-order valence-corrected chi connectivity index (χ2v) is 6.40. The molecule has 0 aliphatic rings. The fourth-order valence-electron chi connectivity index (χ4n) is 2.16. The molecule has 0 unspecified atom stereocenters. The highest BCUT2D eigenvalue weighted by Gasteiger charge is 2.08. The summed E-state index contributed by atoms with van der Waals surface area (Å²) in [5, 5.41) is 14.5. The Balaban J connectivity index is 1.78. The van der Waals surface area contributed by atoms with Crippen molar-refractivity contribution in [1.82, 2.24) is 10.3 Å². The van der Waals surface area contributed by atoms with Crippen molar-refractivity contribution in [2.45, 2.75) is 18.9 Å². The van der Waals surface area contributed by atoms with E-state index in [2.05, 4.69) is 15.6 Å². The molecule has 0 aliphatic carbocycles. The van der Waals surface area contributed by atoms with Gasteiger partial charge in [-0.25, -0.2) is 4.98 Å². The van der Waals surface area contributed by atoms with Gasteiger partial charge >= 0.3 is 0 Å². The Kier molecular flexibility index (Phi) is 4.03. The lowest BCUT2D eigenvalue weighted by molar-refractivity contribution is -0.115. The minimum atomic E-state index is -2.83. The molecule has 0 saturated heterocycles. The Bertz CT molecular complexity index is 1280. The molecule has 0 fully saturated rings. The summed E-state index contributed by atoms with van der Waals surface area (Å²) in [5.41, 5.74) is 4.69. The molecular formula is C21H24N4O2S. The Morgan fingerprint density at radius 2 is 2.04 bits per heavy atom. The van der Waals surface area contributed by atoms with Gasteiger partial charge in [0.25, 0.3) is 0 Å². The van der Waals surface area contributed by atoms with Crippen LogP contribution in [0.15, 0.2) is 59.9 Å². The summed E-state index contributed by atoms with van der Waals surface area (Å²) in [6.07, 6.45) is -4.46. The van der Waals surface area contributed by atoms with Crippen LogP contribution in [-0.4, -0.2) is 29.0 Å². The van der Waals surface area contributed by atoms with Gasteiger partial charge in [-0.15, -0.1) is 11.3 Å². The fourth-order valence-corrected chi connectivity index (χ4v) is 2.60. The van der Waals surface area contributed by atoms with E-state index in [1.807, 2.05) is 0 Å². The number of hydrogen-bond donors (Lipinski definition) is 4. The number of rotatable bonds is 9. The van der Waals surface area contributed by atoms with Gasteiger partial charge in [0.1, 0.15) is 0 Å². The molecule has 1 aromatic heterocycles. The predicted molar refractivity (Wildman–Crippen MR) is 113 cm³/mol. The van der Waals surface area contributed by atoms with Crippen LogP contribution in [0.4, 0.5) is 10.8 Å². The number of nitrogens with one attached hydrogen (secondary N) is 2.